The summed E-state index contributed by atoms with van der Waals surface area (Å²) in [4.78, 5) is 19.9. The van der Waals surface area contributed by atoms with Crippen molar-refractivity contribution in [3.8, 4) is 0 Å². The monoisotopic (exact) mass is 310 g/mol. The number of carbonyl (C=O) groups is 2. The van der Waals surface area contributed by atoms with Gasteiger partial charge in [0.05, 0.1) is 6.54 Å². The van der Waals surface area contributed by atoms with Gasteiger partial charge in [0.25, 0.3) is 0 Å². The Morgan fingerprint density at radius 2 is 1.55 bits per heavy atom. The predicted octanol–water partition coefficient (Wildman–Crippen LogP) is 3.86. The molecule has 128 valence electrons. The van der Waals surface area contributed by atoms with Crippen LogP contribution in [-0.2, 0) is 9.59 Å². The van der Waals surface area contributed by atoms with Crippen LogP contribution in [0.3, 0.4) is 0 Å². The maximum absolute atomic E-state index is 10.0. The molecule has 1 aromatic rings. The zero-order valence-corrected chi connectivity index (χ0v) is 15.3. The van der Waals surface area contributed by atoms with Crippen molar-refractivity contribution < 1.29 is 9.59 Å². The molecule has 0 aliphatic carbocycles. The summed E-state index contributed by atoms with van der Waals surface area (Å²) in [6.07, 6.45) is 1.23. The van der Waals surface area contributed by atoms with Gasteiger partial charge in [-0.25, -0.2) is 0 Å². The summed E-state index contributed by atoms with van der Waals surface area (Å²) in [6.45, 7) is 13.7. The Bertz CT molecular complexity index is 351. The van der Waals surface area contributed by atoms with Crippen molar-refractivity contribution in [2.75, 3.05) is 6.54 Å². The van der Waals surface area contributed by atoms with Crippen molar-refractivity contribution in [3.63, 3.8) is 0 Å². The first kappa shape index (κ1) is 25.1. The van der Waals surface area contributed by atoms with Crippen LogP contribution in [0.1, 0.15) is 66.4 Å². The second-order valence-corrected chi connectivity index (χ2v) is 4.10. The smallest absolute Gasteiger partial charge is 0.236 e. The number of nitrogens with two attached hydrogens (primary N) is 1. The van der Waals surface area contributed by atoms with Crippen molar-refractivity contribution >= 4 is 11.8 Å². The molecule has 1 rings (SSSR count). The fraction of sp³-hybridized carbons (Fsp3) is 0.556. The average Bonchev–Trinajstić information content (AvgIpc) is 2.57. The molecule has 4 heteroatoms. The molecule has 0 spiro atoms. The molecule has 1 unspecified atom stereocenters. The fourth-order valence-electron chi connectivity index (χ4n) is 1.23. The van der Waals surface area contributed by atoms with E-state index in [1.807, 2.05) is 27.7 Å². The maximum Gasteiger partial charge on any atom is 0.236 e. The quantitative estimate of drug-likeness (QED) is 0.886. The lowest BCUT2D eigenvalue weighted by Crippen LogP contribution is -2.31. The molecule has 4 nitrogen and oxygen atoms in total. The van der Waals surface area contributed by atoms with Crippen molar-refractivity contribution in [2.24, 2.45) is 5.73 Å². The molecule has 0 bridgehead atoms. The highest BCUT2D eigenvalue weighted by atomic mass is 16.2. The third-order valence-corrected chi connectivity index (χ3v) is 2.49. The Hall–Kier alpha value is -1.84. The zero-order chi connectivity index (χ0) is 18.0. The van der Waals surface area contributed by atoms with Crippen molar-refractivity contribution in [3.05, 3.63) is 35.9 Å². The van der Waals surface area contributed by atoms with Crippen LogP contribution < -0.4 is 11.1 Å². The number of nitrogens with one attached hydrogen (secondary N) is 1. The SMILES string of the molecule is CC.CC.CC(=O)NCC(N)=O.CCC(C)c1ccccc1. The van der Waals surface area contributed by atoms with Gasteiger partial charge in [-0.3, -0.25) is 9.59 Å². The van der Waals surface area contributed by atoms with E-state index in [2.05, 4.69) is 55.2 Å². The third kappa shape index (κ3) is 18.2. The van der Waals surface area contributed by atoms with E-state index in [0.29, 0.717) is 5.92 Å². The Morgan fingerprint density at radius 3 is 1.82 bits per heavy atom. The van der Waals surface area contributed by atoms with Gasteiger partial charge in [-0.15, -0.1) is 0 Å². The van der Waals surface area contributed by atoms with Crippen LogP contribution >= 0.6 is 0 Å². The Morgan fingerprint density at radius 1 is 1.09 bits per heavy atom. The molecule has 3 N–H and O–H groups in total. The molecule has 0 radical (unpaired) electrons. The van der Waals surface area contributed by atoms with Crippen molar-refractivity contribution in [1.29, 1.82) is 0 Å². The molecular weight excluding hydrogens is 276 g/mol. The summed E-state index contributed by atoms with van der Waals surface area (Å²) < 4.78 is 0. The molecule has 2 amide bonds. The topological polar surface area (TPSA) is 72.2 Å². The van der Waals surface area contributed by atoms with Gasteiger partial charge in [0.15, 0.2) is 0 Å². The van der Waals surface area contributed by atoms with E-state index in [-0.39, 0.29) is 12.5 Å². The summed E-state index contributed by atoms with van der Waals surface area (Å²) in [5, 5.41) is 2.23. The molecule has 1 aromatic carbocycles. The van der Waals surface area contributed by atoms with Crippen LogP contribution in [0, 0.1) is 0 Å². The number of benzene rings is 1. The van der Waals surface area contributed by atoms with Gasteiger partial charge in [-0.05, 0) is 17.9 Å². The summed E-state index contributed by atoms with van der Waals surface area (Å²) in [5.74, 6) is -0.0646. The third-order valence-electron chi connectivity index (χ3n) is 2.49. The van der Waals surface area contributed by atoms with E-state index in [1.54, 1.807) is 0 Å². The lowest BCUT2D eigenvalue weighted by Gasteiger charge is -2.06. The first-order chi connectivity index (χ1) is 10.5. The van der Waals surface area contributed by atoms with Gasteiger partial charge >= 0.3 is 0 Å². The van der Waals surface area contributed by atoms with Crippen LogP contribution in [0.2, 0.25) is 0 Å². The van der Waals surface area contributed by atoms with E-state index in [1.165, 1.54) is 18.9 Å². The van der Waals surface area contributed by atoms with E-state index in [4.69, 9.17) is 0 Å². The first-order valence-corrected chi connectivity index (χ1v) is 8.05. The maximum atomic E-state index is 10.0. The Balaban J connectivity index is -0.000000272. The van der Waals surface area contributed by atoms with Crippen LogP contribution in [0.5, 0.6) is 0 Å². The fourth-order valence-corrected chi connectivity index (χ4v) is 1.23. The molecule has 0 fully saturated rings. The van der Waals surface area contributed by atoms with Crippen LogP contribution in [-0.4, -0.2) is 18.4 Å². The average molecular weight is 310 g/mol. The summed E-state index contributed by atoms with van der Waals surface area (Å²) in [7, 11) is 0. The van der Waals surface area contributed by atoms with Gasteiger partial charge in [-0.1, -0.05) is 71.9 Å². The molecule has 0 aromatic heterocycles. The van der Waals surface area contributed by atoms with Crippen LogP contribution in [0.15, 0.2) is 30.3 Å². The van der Waals surface area contributed by atoms with E-state index in [9.17, 15) is 9.59 Å². The van der Waals surface area contributed by atoms with Crippen LogP contribution in [0.25, 0.3) is 0 Å². The second kappa shape index (κ2) is 19.2. The number of carbonyl (C=O) groups excluding carboxylic acids is 2. The number of hydrogen-bond acceptors (Lipinski definition) is 2. The van der Waals surface area contributed by atoms with Gasteiger partial charge in [0.2, 0.25) is 11.8 Å². The summed E-state index contributed by atoms with van der Waals surface area (Å²) in [5.41, 5.74) is 6.14. The van der Waals surface area contributed by atoms with E-state index in [0.717, 1.165) is 0 Å². The van der Waals surface area contributed by atoms with Gasteiger partial charge in [0.1, 0.15) is 0 Å². The minimum absolute atomic E-state index is 0.0741. The van der Waals surface area contributed by atoms with Crippen LogP contribution in [0.4, 0.5) is 0 Å². The molecule has 0 saturated carbocycles. The number of hydrogen-bond donors (Lipinski definition) is 2. The number of amides is 2. The zero-order valence-electron chi connectivity index (χ0n) is 15.3. The van der Waals surface area contributed by atoms with Gasteiger partial charge < -0.3 is 11.1 Å². The summed E-state index contributed by atoms with van der Waals surface area (Å²) >= 11 is 0. The van der Waals surface area contributed by atoms with Gasteiger partial charge in [0, 0.05) is 6.92 Å². The predicted molar refractivity (Wildman–Crippen MR) is 95.7 cm³/mol. The number of primary amides is 1. The van der Waals surface area contributed by atoms with E-state index < -0.39 is 5.91 Å². The summed E-state index contributed by atoms with van der Waals surface area (Å²) in [6, 6.07) is 10.6. The molecule has 0 heterocycles. The molecule has 1 atom stereocenters. The molecule has 22 heavy (non-hydrogen) atoms. The minimum Gasteiger partial charge on any atom is -0.368 e. The highest BCUT2D eigenvalue weighted by Crippen LogP contribution is 2.16. The molecule has 0 aliphatic heterocycles. The molecular formula is C18H34N2O2. The van der Waals surface area contributed by atoms with Gasteiger partial charge in [-0.2, -0.15) is 0 Å². The Kier molecular flexibility index (Phi) is 21.9. The van der Waals surface area contributed by atoms with E-state index >= 15 is 0 Å². The second-order valence-electron chi connectivity index (χ2n) is 4.10. The molecule has 0 aliphatic rings. The van der Waals surface area contributed by atoms with Crippen molar-refractivity contribution in [2.45, 2.75) is 60.8 Å². The van der Waals surface area contributed by atoms with Crippen molar-refractivity contribution in [1.82, 2.24) is 5.32 Å². The minimum atomic E-state index is -0.528. The Labute approximate surface area is 136 Å². The molecule has 0 saturated heterocycles. The highest BCUT2D eigenvalue weighted by molar-refractivity contribution is 5.82. The lowest BCUT2D eigenvalue weighted by molar-refractivity contribution is -0.123. The highest BCUT2D eigenvalue weighted by Gasteiger charge is 1.98. The standard InChI is InChI=1S/C10H14.C4H8N2O2.2C2H6/c1-3-9(2)10-7-5-4-6-8-10;1-3(7)6-2-4(5)8;2*1-2/h4-9H,3H2,1-2H3;2H2,1H3,(H2,5,8)(H,6,7);2*1-2H3. The lowest BCUT2D eigenvalue weighted by atomic mass is 9.99. The normalized spacial score (nSPS) is 9.41. The number of rotatable bonds is 4. The largest absolute Gasteiger partial charge is 0.368 e. The first-order valence-electron chi connectivity index (χ1n) is 8.05.